The van der Waals surface area contributed by atoms with Gasteiger partial charge in [-0.3, -0.25) is 0 Å². The van der Waals surface area contributed by atoms with Crippen molar-refractivity contribution in [3.63, 3.8) is 0 Å². The summed E-state index contributed by atoms with van der Waals surface area (Å²) in [6.07, 6.45) is 1.90. The smallest absolute Gasteiger partial charge is 0.223 e. The van der Waals surface area contributed by atoms with Gasteiger partial charge in [0.15, 0.2) is 11.9 Å². The molecule has 1 rings (SSSR count). The molecule has 0 aliphatic rings. The van der Waals surface area contributed by atoms with Gasteiger partial charge in [-0.15, -0.1) is 0 Å². The van der Waals surface area contributed by atoms with Crippen LogP contribution in [-0.4, -0.2) is 31.9 Å². The lowest BCUT2D eigenvalue weighted by molar-refractivity contribution is 0.178. The molecule has 0 saturated heterocycles. The van der Waals surface area contributed by atoms with Gasteiger partial charge in [0.05, 0.1) is 29.5 Å². The van der Waals surface area contributed by atoms with Crippen LogP contribution in [0.2, 0.25) is 5.02 Å². The number of hydrogen-bond donors (Lipinski definition) is 0. The number of hydrogen-bond acceptors (Lipinski definition) is 5. The second kappa shape index (κ2) is 9.81. The van der Waals surface area contributed by atoms with Crippen LogP contribution in [0, 0.1) is 17.1 Å². The van der Waals surface area contributed by atoms with Crippen LogP contribution >= 0.6 is 11.6 Å². The molecule has 0 fully saturated rings. The van der Waals surface area contributed by atoms with E-state index >= 15 is 0 Å². The average Bonchev–Trinajstić information content (AvgIpc) is 2.57. The molecule has 1 aromatic carbocycles. The zero-order chi connectivity index (χ0) is 18.1. The van der Waals surface area contributed by atoms with Crippen molar-refractivity contribution < 1.29 is 13.9 Å². The Balaban J connectivity index is 3.43. The number of methoxy groups -OCH3 is 2. The molecule has 128 valence electrons. The van der Waals surface area contributed by atoms with Crippen LogP contribution in [-0.2, 0) is 9.47 Å². The third-order valence-corrected chi connectivity index (χ3v) is 3.39. The van der Waals surface area contributed by atoms with Crippen molar-refractivity contribution in [2.24, 2.45) is 9.98 Å². The Hall–Kier alpha value is -2.23. The van der Waals surface area contributed by atoms with Gasteiger partial charge in [-0.2, -0.15) is 5.26 Å². The van der Waals surface area contributed by atoms with Gasteiger partial charge in [0, 0.05) is 13.3 Å². The van der Waals surface area contributed by atoms with Crippen LogP contribution < -0.4 is 0 Å². The fourth-order valence-corrected chi connectivity index (χ4v) is 2.33. The van der Waals surface area contributed by atoms with Crippen molar-refractivity contribution in [3.8, 4) is 6.07 Å². The third kappa shape index (κ3) is 4.88. The average molecular weight is 352 g/mol. The minimum absolute atomic E-state index is 0.0461. The molecule has 0 N–H and O–H groups in total. The van der Waals surface area contributed by atoms with E-state index in [-0.39, 0.29) is 22.2 Å². The van der Waals surface area contributed by atoms with Crippen LogP contribution in [0.3, 0.4) is 0 Å². The van der Waals surface area contributed by atoms with Crippen molar-refractivity contribution in [1.29, 1.82) is 5.26 Å². The normalized spacial score (nSPS) is 13.3. The van der Waals surface area contributed by atoms with Gasteiger partial charge in [0.1, 0.15) is 5.69 Å². The van der Waals surface area contributed by atoms with E-state index in [1.807, 2.05) is 13.0 Å². The highest BCUT2D eigenvalue weighted by molar-refractivity contribution is 6.33. The van der Waals surface area contributed by atoms with E-state index in [9.17, 15) is 4.39 Å². The Bertz CT molecular complexity index is 673. The highest BCUT2D eigenvalue weighted by Gasteiger charge is 2.23. The molecule has 0 aromatic heterocycles. The van der Waals surface area contributed by atoms with Crippen LogP contribution in [0.5, 0.6) is 0 Å². The van der Waals surface area contributed by atoms with Gasteiger partial charge in [0.25, 0.3) is 0 Å². The van der Waals surface area contributed by atoms with Crippen molar-refractivity contribution in [1.82, 2.24) is 0 Å². The summed E-state index contributed by atoms with van der Waals surface area (Å²) in [5, 5.41) is 8.91. The first kappa shape index (κ1) is 19.8. The number of rotatable bonds is 7. The Morgan fingerprint density at radius 2 is 2.21 bits per heavy atom. The van der Waals surface area contributed by atoms with Crippen LogP contribution in [0.1, 0.15) is 25.3 Å². The maximum Gasteiger partial charge on any atom is 0.223 e. The second-order valence-electron chi connectivity index (χ2n) is 4.72. The molecule has 5 nitrogen and oxygen atoms in total. The van der Waals surface area contributed by atoms with Crippen molar-refractivity contribution in [3.05, 3.63) is 41.3 Å². The third-order valence-electron chi connectivity index (χ3n) is 3.10. The largest absolute Gasteiger partial charge is 0.482 e. The van der Waals surface area contributed by atoms with E-state index in [1.54, 1.807) is 0 Å². The van der Waals surface area contributed by atoms with Crippen molar-refractivity contribution in [2.75, 3.05) is 14.2 Å². The standard InChI is InChI=1S/C17H19ClFN3O2/c1-5-7-14(16(23-3)17(24-4)21-6-2)22-15-12(18)8-11(10-20)9-13(15)19/h6,8-9,16H,2,5,7H2,1,3-4H3. The van der Waals surface area contributed by atoms with E-state index in [1.165, 1.54) is 26.5 Å². The Morgan fingerprint density at radius 3 is 2.67 bits per heavy atom. The van der Waals surface area contributed by atoms with E-state index in [4.69, 9.17) is 26.3 Å². The summed E-state index contributed by atoms with van der Waals surface area (Å²) >= 11 is 6.06. The molecule has 1 unspecified atom stereocenters. The summed E-state index contributed by atoms with van der Waals surface area (Å²) in [6, 6.07) is 4.30. The number of nitriles is 1. The highest BCUT2D eigenvalue weighted by atomic mass is 35.5. The highest BCUT2D eigenvalue weighted by Crippen LogP contribution is 2.30. The van der Waals surface area contributed by atoms with Gasteiger partial charge < -0.3 is 9.47 Å². The minimum Gasteiger partial charge on any atom is -0.482 e. The summed E-state index contributed by atoms with van der Waals surface area (Å²) in [4.78, 5) is 8.34. The Kier molecular flexibility index (Phi) is 8.10. The fraction of sp³-hybridized carbons (Fsp3) is 0.353. The first-order chi connectivity index (χ1) is 11.5. The van der Waals surface area contributed by atoms with Gasteiger partial charge in [0.2, 0.25) is 5.90 Å². The predicted octanol–water partition coefficient (Wildman–Crippen LogP) is 4.43. The number of halogens is 2. The maximum absolute atomic E-state index is 14.2. The Labute approximate surface area is 146 Å². The molecule has 0 heterocycles. The molecule has 1 aromatic rings. The zero-order valence-corrected chi connectivity index (χ0v) is 14.6. The van der Waals surface area contributed by atoms with E-state index in [2.05, 4.69) is 16.6 Å². The van der Waals surface area contributed by atoms with Gasteiger partial charge >= 0.3 is 0 Å². The van der Waals surface area contributed by atoms with Crippen molar-refractivity contribution in [2.45, 2.75) is 25.9 Å². The lowest BCUT2D eigenvalue weighted by Gasteiger charge is -2.19. The molecule has 7 heteroatoms. The topological polar surface area (TPSA) is 67.0 Å². The van der Waals surface area contributed by atoms with Gasteiger partial charge in [-0.25, -0.2) is 14.4 Å². The number of nitrogens with zero attached hydrogens (tertiary/aromatic N) is 3. The lowest BCUT2D eigenvalue weighted by atomic mass is 10.1. The summed E-state index contributed by atoms with van der Waals surface area (Å²) in [7, 11) is 2.93. The molecule has 1 atom stereocenters. The minimum atomic E-state index is -0.695. The van der Waals surface area contributed by atoms with E-state index in [0.29, 0.717) is 12.1 Å². The molecular weight excluding hydrogens is 333 g/mol. The molecule has 0 radical (unpaired) electrons. The van der Waals surface area contributed by atoms with E-state index in [0.717, 1.165) is 12.5 Å². The lowest BCUT2D eigenvalue weighted by Crippen LogP contribution is -2.33. The molecule has 0 aliphatic heterocycles. The van der Waals surface area contributed by atoms with Crippen LogP contribution in [0.4, 0.5) is 10.1 Å². The molecule has 0 aliphatic carbocycles. The second-order valence-corrected chi connectivity index (χ2v) is 5.13. The molecule has 0 spiro atoms. The summed E-state index contributed by atoms with van der Waals surface area (Å²) < 4.78 is 24.9. The summed E-state index contributed by atoms with van der Waals surface area (Å²) in [5.41, 5.74) is 0.589. The molecule has 24 heavy (non-hydrogen) atoms. The first-order valence-electron chi connectivity index (χ1n) is 7.24. The zero-order valence-electron chi connectivity index (χ0n) is 13.8. The number of benzene rings is 1. The van der Waals surface area contributed by atoms with Crippen molar-refractivity contribution >= 4 is 28.9 Å². The number of ether oxygens (including phenoxy) is 2. The monoisotopic (exact) mass is 351 g/mol. The summed E-state index contributed by atoms with van der Waals surface area (Å²) in [5.74, 6) is -0.424. The fourth-order valence-electron chi connectivity index (χ4n) is 2.08. The predicted molar refractivity (Wildman–Crippen MR) is 93.6 cm³/mol. The van der Waals surface area contributed by atoms with Crippen LogP contribution in [0.25, 0.3) is 0 Å². The first-order valence-corrected chi connectivity index (χ1v) is 7.62. The van der Waals surface area contributed by atoms with Gasteiger partial charge in [-0.05, 0) is 18.6 Å². The number of aliphatic imine (C=N–C) groups is 2. The summed E-state index contributed by atoms with van der Waals surface area (Å²) in [6.45, 7) is 5.48. The molecule has 0 amide bonds. The Morgan fingerprint density at radius 1 is 1.50 bits per heavy atom. The SMILES string of the molecule is C=CN=C(OC)C(OC)C(CCC)=Nc1c(F)cc(C#N)cc1Cl. The molecule has 0 saturated carbocycles. The maximum atomic E-state index is 14.2. The van der Waals surface area contributed by atoms with Gasteiger partial charge in [-0.1, -0.05) is 31.5 Å². The van der Waals surface area contributed by atoms with Crippen LogP contribution in [0.15, 0.2) is 34.9 Å². The van der Waals surface area contributed by atoms with E-state index < -0.39 is 11.9 Å². The molecular formula is C17H19ClFN3O2. The molecule has 0 bridgehead atoms. The quantitative estimate of drug-likeness (QED) is 0.539.